The predicted octanol–water partition coefficient (Wildman–Crippen LogP) is 2.96. The molecule has 118 valence electrons. The summed E-state index contributed by atoms with van der Waals surface area (Å²) in [4.78, 5) is 17.9. The zero-order chi connectivity index (χ0) is 16.1. The van der Waals surface area contributed by atoms with Gasteiger partial charge in [-0.3, -0.25) is 0 Å². The first-order valence-corrected chi connectivity index (χ1v) is 7.23. The Morgan fingerprint density at radius 3 is 2.50 bits per heavy atom. The summed E-state index contributed by atoms with van der Waals surface area (Å²) in [6.45, 7) is 5.77. The van der Waals surface area contributed by atoms with Gasteiger partial charge in [0.2, 0.25) is 5.89 Å². The van der Waals surface area contributed by atoms with Crippen molar-refractivity contribution in [1.82, 2.24) is 9.88 Å². The second-order valence-corrected chi connectivity index (χ2v) is 5.44. The number of hydrogen-bond donors (Lipinski definition) is 2. The summed E-state index contributed by atoms with van der Waals surface area (Å²) >= 11 is 0. The molecule has 2 N–H and O–H groups in total. The average molecular weight is 303 g/mol. The number of rotatable bonds is 5. The third kappa shape index (κ3) is 4.08. The van der Waals surface area contributed by atoms with Crippen molar-refractivity contribution in [1.29, 1.82) is 0 Å². The van der Waals surface area contributed by atoms with Crippen LogP contribution < -0.4 is 5.32 Å². The monoisotopic (exact) mass is 303 g/mol. The van der Waals surface area contributed by atoms with Crippen LogP contribution >= 0.6 is 0 Å². The van der Waals surface area contributed by atoms with Gasteiger partial charge in [0.25, 0.3) is 0 Å². The second kappa shape index (κ2) is 7.09. The molecule has 2 amide bonds. The van der Waals surface area contributed by atoms with Crippen molar-refractivity contribution < 1.29 is 14.3 Å². The van der Waals surface area contributed by atoms with Crippen molar-refractivity contribution in [2.24, 2.45) is 0 Å². The first-order chi connectivity index (χ1) is 10.5. The van der Waals surface area contributed by atoms with Crippen LogP contribution in [0.15, 0.2) is 41.1 Å². The Balaban J connectivity index is 2.04. The van der Waals surface area contributed by atoms with E-state index < -0.39 is 6.10 Å². The highest BCUT2D eigenvalue weighted by Crippen LogP contribution is 2.19. The molecule has 0 radical (unpaired) electrons. The lowest BCUT2D eigenvalue weighted by Crippen LogP contribution is -2.43. The summed E-state index contributed by atoms with van der Waals surface area (Å²) in [6, 6.07) is 7.00. The van der Waals surface area contributed by atoms with Crippen molar-refractivity contribution in [3.63, 3.8) is 0 Å². The number of hydrogen-bond acceptors (Lipinski definition) is 4. The molecular weight excluding hydrogens is 282 g/mol. The third-order valence-corrected chi connectivity index (χ3v) is 3.16. The standard InChI is InChI=1S/C16H21N3O3/c1-11(2)19(10-12(3)20)16(21)18-14-6-4-13(5-7-14)15-17-8-9-22-15/h4-9,11-12,20H,10H2,1-3H3,(H,18,21). The van der Waals surface area contributed by atoms with Crippen LogP contribution in [0.2, 0.25) is 0 Å². The van der Waals surface area contributed by atoms with E-state index in [4.69, 9.17) is 4.42 Å². The van der Waals surface area contributed by atoms with Crippen LogP contribution in [0.3, 0.4) is 0 Å². The molecule has 1 heterocycles. The molecule has 0 bridgehead atoms. The highest BCUT2D eigenvalue weighted by atomic mass is 16.3. The number of aliphatic hydroxyl groups is 1. The van der Waals surface area contributed by atoms with Crippen molar-refractivity contribution in [3.8, 4) is 11.5 Å². The van der Waals surface area contributed by atoms with Crippen molar-refractivity contribution in [2.45, 2.75) is 32.9 Å². The average Bonchev–Trinajstić information content (AvgIpc) is 2.99. The number of anilines is 1. The Labute approximate surface area is 129 Å². The molecule has 0 aliphatic carbocycles. The first kappa shape index (κ1) is 16.0. The van der Waals surface area contributed by atoms with Crippen LogP contribution in [-0.2, 0) is 0 Å². The number of aromatic nitrogens is 1. The van der Waals surface area contributed by atoms with E-state index in [0.29, 0.717) is 11.6 Å². The van der Waals surface area contributed by atoms with Gasteiger partial charge in [-0.15, -0.1) is 0 Å². The van der Waals surface area contributed by atoms with Crippen LogP contribution in [0.1, 0.15) is 20.8 Å². The fourth-order valence-corrected chi connectivity index (χ4v) is 2.07. The van der Waals surface area contributed by atoms with Crippen LogP contribution in [0.5, 0.6) is 0 Å². The number of amides is 2. The van der Waals surface area contributed by atoms with Crippen molar-refractivity contribution in [2.75, 3.05) is 11.9 Å². The molecule has 0 saturated carbocycles. The van der Waals surface area contributed by atoms with Gasteiger partial charge in [0, 0.05) is 23.8 Å². The fraction of sp³-hybridized carbons (Fsp3) is 0.375. The highest BCUT2D eigenvalue weighted by Gasteiger charge is 2.18. The zero-order valence-corrected chi connectivity index (χ0v) is 13.0. The first-order valence-electron chi connectivity index (χ1n) is 7.23. The van der Waals surface area contributed by atoms with E-state index in [2.05, 4.69) is 10.3 Å². The van der Waals surface area contributed by atoms with Gasteiger partial charge in [-0.1, -0.05) is 0 Å². The normalized spacial score (nSPS) is 12.2. The Kier molecular flexibility index (Phi) is 5.16. The van der Waals surface area contributed by atoms with Gasteiger partial charge >= 0.3 is 6.03 Å². The lowest BCUT2D eigenvalue weighted by Gasteiger charge is -2.28. The third-order valence-electron chi connectivity index (χ3n) is 3.16. The second-order valence-electron chi connectivity index (χ2n) is 5.44. The molecule has 0 saturated heterocycles. The summed E-state index contributed by atoms with van der Waals surface area (Å²) in [6.07, 6.45) is 2.53. The van der Waals surface area contributed by atoms with Gasteiger partial charge in [0.1, 0.15) is 6.26 Å². The Morgan fingerprint density at radius 2 is 2.00 bits per heavy atom. The molecule has 2 rings (SSSR count). The minimum Gasteiger partial charge on any atom is -0.445 e. The SMILES string of the molecule is CC(O)CN(C(=O)Nc1ccc(-c2ncco2)cc1)C(C)C. The van der Waals surface area contributed by atoms with Crippen molar-refractivity contribution >= 4 is 11.7 Å². The number of urea groups is 1. The van der Waals surface area contributed by atoms with Gasteiger partial charge in [0.15, 0.2) is 0 Å². The minimum atomic E-state index is -0.569. The molecular formula is C16H21N3O3. The van der Waals surface area contributed by atoms with Gasteiger partial charge < -0.3 is 19.7 Å². The molecule has 0 aliphatic heterocycles. The number of benzene rings is 1. The number of aliphatic hydroxyl groups excluding tert-OH is 1. The van der Waals surface area contributed by atoms with Crippen LogP contribution in [-0.4, -0.2) is 39.7 Å². The predicted molar refractivity (Wildman–Crippen MR) is 84.5 cm³/mol. The largest absolute Gasteiger partial charge is 0.445 e. The topological polar surface area (TPSA) is 78.6 Å². The van der Waals surface area contributed by atoms with E-state index in [1.165, 1.54) is 6.26 Å². The number of carbonyl (C=O) groups is 1. The van der Waals surface area contributed by atoms with E-state index in [1.807, 2.05) is 26.0 Å². The Bertz CT molecular complexity index is 592. The van der Waals surface area contributed by atoms with Crippen LogP contribution in [0.25, 0.3) is 11.5 Å². The number of nitrogens with zero attached hydrogens (tertiary/aromatic N) is 2. The quantitative estimate of drug-likeness (QED) is 0.890. The lowest BCUT2D eigenvalue weighted by molar-refractivity contribution is 0.125. The summed E-state index contributed by atoms with van der Waals surface area (Å²) in [7, 11) is 0. The van der Waals surface area contributed by atoms with Gasteiger partial charge in [-0.2, -0.15) is 0 Å². The molecule has 6 nitrogen and oxygen atoms in total. The van der Waals surface area contributed by atoms with Crippen LogP contribution in [0.4, 0.5) is 10.5 Å². The molecule has 1 atom stereocenters. The fourth-order valence-electron chi connectivity index (χ4n) is 2.07. The summed E-state index contributed by atoms with van der Waals surface area (Å²) in [5, 5.41) is 12.3. The maximum atomic E-state index is 12.3. The van der Waals surface area contributed by atoms with E-state index in [1.54, 1.807) is 30.2 Å². The molecule has 6 heteroatoms. The maximum Gasteiger partial charge on any atom is 0.322 e. The van der Waals surface area contributed by atoms with Crippen LogP contribution in [0, 0.1) is 0 Å². The van der Waals surface area contributed by atoms with E-state index in [-0.39, 0.29) is 18.6 Å². The Hall–Kier alpha value is -2.34. The summed E-state index contributed by atoms with van der Waals surface area (Å²) in [5.41, 5.74) is 1.52. The molecule has 1 unspecified atom stereocenters. The van der Waals surface area contributed by atoms with Gasteiger partial charge in [0.05, 0.1) is 12.3 Å². The van der Waals surface area contributed by atoms with E-state index in [9.17, 15) is 9.90 Å². The van der Waals surface area contributed by atoms with E-state index >= 15 is 0 Å². The molecule has 2 aromatic rings. The summed E-state index contributed by atoms with van der Waals surface area (Å²) < 4.78 is 5.22. The maximum absolute atomic E-state index is 12.3. The van der Waals surface area contributed by atoms with E-state index in [0.717, 1.165) is 5.56 Å². The van der Waals surface area contributed by atoms with Crippen molar-refractivity contribution in [3.05, 3.63) is 36.7 Å². The summed E-state index contributed by atoms with van der Waals surface area (Å²) in [5.74, 6) is 0.538. The lowest BCUT2D eigenvalue weighted by atomic mass is 10.2. The Morgan fingerprint density at radius 1 is 1.32 bits per heavy atom. The number of oxazole rings is 1. The molecule has 0 fully saturated rings. The molecule has 1 aromatic heterocycles. The van der Waals surface area contributed by atoms with Gasteiger partial charge in [-0.05, 0) is 45.0 Å². The molecule has 0 spiro atoms. The number of nitrogens with one attached hydrogen (secondary N) is 1. The van der Waals surface area contributed by atoms with Gasteiger partial charge in [-0.25, -0.2) is 9.78 Å². The minimum absolute atomic E-state index is 0.00110. The smallest absolute Gasteiger partial charge is 0.322 e. The molecule has 22 heavy (non-hydrogen) atoms. The zero-order valence-electron chi connectivity index (χ0n) is 13.0. The molecule has 0 aliphatic rings. The number of carbonyl (C=O) groups excluding carboxylic acids is 1. The molecule has 1 aromatic carbocycles. The highest BCUT2D eigenvalue weighted by molar-refractivity contribution is 5.89.